The van der Waals surface area contributed by atoms with Gasteiger partial charge in [-0.3, -0.25) is 4.98 Å². The molecule has 7 nitrogen and oxygen atoms in total. The molecule has 1 fully saturated rings. The van der Waals surface area contributed by atoms with Crippen molar-refractivity contribution in [3.05, 3.63) is 30.1 Å². The highest BCUT2D eigenvalue weighted by molar-refractivity contribution is 7.88. The summed E-state index contributed by atoms with van der Waals surface area (Å²) < 4.78 is 25.1. The van der Waals surface area contributed by atoms with Crippen molar-refractivity contribution in [3.8, 4) is 0 Å². The number of nitrogens with one attached hydrogen (secondary N) is 2. The first-order chi connectivity index (χ1) is 10.9. The largest absolute Gasteiger partial charge is 0.331 e. The molecular weight excluding hydrogens is 316 g/mol. The summed E-state index contributed by atoms with van der Waals surface area (Å²) in [5, 5.41) is 2.96. The Hall–Kier alpha value is -1.67. The van der Waals surface area contributed by atoms with E-state index in [2.05, 4.69) is 15.0 Å². The van der Waals surface area contributed by atoms with Crippen LogP contribution in [-0.2, 0) is 10.0 Å². The molecule has 2 rings (SSSR count). The molecule has 8 heteroatoms. The molecule has 0 bridgehead atoms. The lowest BCUT2D eigenvalue weighted by Crippen LogP contribution is -2.53. The van der Waals surface area contributed by atoms with Gasteiger partial charge in [0.25, 0.3) is 0 Å². The van der Waals surface area contributed by atoms with Gasteiger partial charge in [0.05, 0.1) is 12.3 Å². The Morgan fingerprint density at radius 3 is 2.91 bits per heavy atom. The zero-order chi connectivity index (χ0) is 16.9. The predicted molar refractivity (Wildman–Crippen MR) is 88.4 cm³/mol. The smallest absolute Gasteiger partial charge is 0.318 e. The average Bonchev–Trinajstić information content (AvgIpc) is 2.53. The third-order valence-electron chi connectivity index (χ3n) is 3.99. The molecule has 0 aliphatic carbocycles. The maximum Gasteiger partial charge on any atom is 0.318 e. The predicted octanol–water partition coefficient (Wildman–Crippen LogP) is 1.26. The Bertz CT molecular complexity index is 621. The van der Waals surface area contributed by atoms with Gasteiger partial charge in [0.1, 0.15) is 0 Å². The van der Waals surface area contributed by atoms with E-state index in [0.717, 1.165) is 31.1 Å². The molecule has 0 radical (unpaired) electrons. The van der Waals surface area contributed by atoms with E-state index in [-0.39, 0.29) is 24.7 Å². The van der Waals surface area contributed by atoms with Crippen LogP contribution < -0.4 is 10.0 Å². The number of rotatable bonds is 5. The summed E-state index contributed by atoms with van der Waals surface area (Å²) in [6.45, 7) is 2.80. The number of piperidine rings is 1. The number of carbonyl (C=O) groups excluding carboxylic acids is 1. The number of hydrogen-bond donors (Lipinski definition) is 2. The molecule has 2 atom stereocenters. The van der Waals surface area contributed by atoms with Crippen molar-refractivity contribution in [2.45, 2.75) is 38.3 Å². The Balaban J connectivity index is 1.97. The van der Waals surface area contributed by atoms with Gasteiger partial charge in [-0.25, -0.2) is 17.9 Å². The van der Waals surface area contributed by atoms with E-state index in [1.165, 1.54) is 0 Å². The summed E-state index contributed by atoms with van der Waals surface area (Å²) in [4.78, 5) is 18.3. The van der Waals surface area contributed by atoms with E-state index in [1.807, 2.05) is 19.1 Å². The lowest BCUT2D eigenvalue weighted by molar-refractivity contribution is 0.149. The van der Waals surface area contributed by atoms with E-state index >= 15 is 0 Å². The van der Waals surface area contributed by atoms with Crippen LogP contribution in [0.1, 0.15) is 37.8 Å². The minimum Gasteiger partial charge on any atom is -0.331 e. The average molecular weight is 340 g/mol. The van der Waals surface area contributed by atoms with Gasteiger partial charge in [-0.2, -0.15) is 0 Å². The molecule has 0 aromatic carbocycles. The normalized spacial score (nSPS) is 20.1. The van der Waals surface area contributed by atoms with Gasteiger partial charge in [0, 0.05) is 31.5 Å². The van der Waals surface area contributed by atoms with Crippen molar-refractivity contribution in [2.75, 3.05) is 19.3 Å². The van der Waals surface area contributed by atoms with Crippen LogP contribution in [0.15, 0.2) is 24.5 Å². The lowest BCUT2D eigenvalue weighted by atomic mass is 10.0. The fourth-order valence-electron chi connectivity index (χ4n) is 2.71. The van der Waals surface area contributed by atoms with E-state index in [1.54, 1.807) is 17.3 Å². The van der Waals surface area contributed by atoms with Crippen molar-refractivity contribution in [1.82, 2.24) is 19.9 Å². The zero-order valence-electron chi connectivity index (χ0n) is 13.5. The highest BCUT2D eigenvalue weighted by Gasteiger charge is 2.28. The molecule has 0 spiro atoms. The summed E-state index contributed by atoms with van der Waals surface area (Å²) >= 11 is 0. The first-order valence-corrected chi connectivity index (χ1v) is 9.67. The highest BCUT2D eigenvalue weighted by atomic mass is 32.2. The number of likely N-dealkylation sites (tertiary alicyclic amines) is 1. The third kappa shape index (κ3) is 5.47. The number of sulfonamides is 1. The Kier molecular flexibility index (Phi) is 5.95. The van der Waals surface area contributed by atoms with Gasteiger partial charge in [0.2, 0.25) is 10.0 Å². The summed E-state index contributed by atoms with van der Waals surface area (Å²) in [7, 11) is -3.26. The van der Waals surface area contributed by atoms with E-state index < -0.39 is 10.0 Å². The van der Waals surface area contributed by atoms with E-state index in [4.69, 9.17) is 0 Å². The first kappa shape index (κ1) is 17.7. The molecular formula is C15H24N4O3S. The number of hydrogen-bond acceptors (Lipinski definition) is 4. The monoisotopic (exact) mass is 340 g/mol. The molecule has 0 saturated carbocycles. The molecule has 1 aliphatic heterocycles. The molecule has 1 aliphatic rings. The van der Waals surface area contributed by atoms with Crippen LogP contribution in [0.3, 0.4) is 0 Å². The Labute approximate surface area is 137 Å². The van der Waals surface area contributed by atoms with Gasteiger partial charge < -0.3 is 10.2 Å². The quantitative estimate of drug-likeness (QED) is 0.844. The van der Waals surface area contributed by atoms with Crippen LogP contribution in [0.2, 0.25) is 0 Å². The second-order valence-electron chi connectivity index (χ2n) is 5.92. The number of carbonyl (C=O) groups is 1. The molecule has 1 saturated heterocycles. The fourth-order valence-corrected chi connectivity index (χ4v) is 3.21. The van der Waals surface area contributed by atoms with Crippen LogP contribution >= 0.6 is 0 Å². The number of pyridine rings is 1. The van der Waals surface area contributed by atoms with Crippen LogP contribution in [0, 0.1) is 0 Å². The van der Waals surface area contributed by atoms with Crippen molar-refractivity contribution < 1.29 is 13.2 Å². The third-order valence-corrected chi connectivity index (χ3v) is 4.68. The Morgan fingerprint density at radius 1 is 1.48 bits per heavy atom. The van der Waals surface area contributed by atoms with E-state index in [9.17, 15) is 13.2 Å². The van der Waals surface area contributed by atoms with Crippen molar-refractivity contribution >= 4 is 16.1 Å². The molecule has 2 heterocycles. The van der Waals surface area contributed by atoms with Gasteiger partial charge >= 0.3 is 6.03 Å². The number of amides is 2. The van der Waals surface area contributed by atoms with Gasteiger partial charge in [-0.05, 0) is 37.8 Å². The highest BCUT2D eigenvalue weighted by Crippen LogP contribution is 2.18. The van der Waals surface area contributed by atoms with Crippen molar-refractivity contribution in [2.24, 2.45) is 0 Å². The minimum atomic E-state index is -3.26. The lowest BCUT2D eigenvalue weighted by Gasteiger charge is -2.36. The fraction of sp³-hybridized carbons (Fsp3) is 0.600. The second-order valence-corrected chi connectivity index (χ2v) is 7.75. The second kappa shape index (κ2) is 7.74. The molecule has 23 heavy (non-hydrogen) atoms. The minimum absolute atomic E-state index is 0.112. The first-order valence-electron chi connectivity index (χ1n) is 7.78. The maximum atomic E-state index is 12.5. The van der Waals surface area contributed by atoms with Crippen molar-refractivity contribution in [1.29, 1.82) is 0 Å². The number of urea groups is 1. The molecule has 2 amide bonds. The molecule has 1 aromatic heterocycles. The van der Waals surface area contributed by atoms with Crippen LogP contribution in [-0.4, -0.2) is 49.7 Å². The van der Waals surface area contributed by atoms with E-state index in [0.29, 0.717) is 6.54 Å². The van der Waals surface area contributed by atoms with Crippen LogP contribution in [0.5, 0.6) is 0 Å². The van der Waals surface area contributed by atoms with Crippen LogP contribution in [0.25, 0.3) is 0 Å². The zero-order valence-corrected chi connectivity index (χ0v) is 14.3. The molecule has 1 aromatic rings. The topological polar surface area (TPSA) is 91.4 Å². The number of aromatic nitrogens is 1. The Morgan fingerprint density at radius 2 is 2.26 bits per heavy atom. The number of nitrogens with zero attached hydrogens (tertiary/aromatic N) is 2. The summed E-state index contributed by atoms with van der Waals surface area (Å²) in [6.07, 6.45) is 7.28. The summed E-state index contributed by atoms with van der Waals surface area (Å²) in [6, 6.07) is 3.32. The van der Waals surface area contributed by atoms with Gasteiger partial charge in [-0.1, -0.05) is 6.07 Å². The van der Waals surface area contributed by atoms with Gasteiger partial charge in [-0.15, -0.1) is 0 Å². The van der Waals surface area contributed by atoms with Crippen LogP contribution in [0.4, 0.5) is 4.79 Å². The standard InChI is InChI=1S/C15H24N4O3S/c1-12(13-6-5-8-16-10-13)18-15(20)19-9-4-3-7-14(19)11-17-23(2,21)22/h5-6,8,10,12,14,17H,3-4,7,9,11H2,1-2H3,(H,18,20)/t12-,14+/m0/s1. The summed E-state index contributed by atoms with van der Waals surface area (Å²) in [5.74, 6) is 0. The molecule has 2 N–H and O–H groups in total. The summed E-state index contributed by atoms with van der Waals surface area (Å²) in [5.41, 5.74) is 0.934. The molecule has 0 unspecified atom stereocenters. The van der Waals surface area contributed by atoms with Gasteiger partial charge in [0.15, 0.2) is 0 Å². The SMILES string of the molecule is C[C@H](NC(=O)N1CCCC[C@@H]1CNS(C)(=O)=O)c1cccnc1. The van der Waals surface area contributed by atoms with Crippen molar-refractivity contribution in [3.63, 3.8) is 0 Å². The maximum absolute atomic E-state index is 12.5. The molecule has 128 valence electrons.